The maximum atomic E-state index is 12.0. The molecule has 1 aromatic heterocycles. The lowest BCUT2D eigenvalue weighted by molar-refractivity contribution is -0.0992. The average Bonchev–Trinajstić information content (AvgIpc) is 2.36. The molecule has 2 aromatic rings. The molecule has 0 saturated carbocycles. The fourth-order valence-electron chi connectivity index (χ4n) is 2.28. The first-order chi connectivity index (χ1) is 9.56. The molecule has 1 aliphatic rings. The molecule has 20 heavy (non-hydrogen) atoms. The van der Waals surface area contributed by atoms with E-state index in [4.69, 9.17) is 16.3 Å². The van der Waals surface area contributed by atoms with Gasteiger partial charge in [-0.15, -0.1) is 0 Å². The molecule has 0 atom stereocenters. The summed E-state index contributed by atoms with van der Waals surface area (Å²) in [6.07, 6.45) is 0. The van der Waals surface area contributed by atoms with Gasteiger partial charge in [0, 0.05) is 17.0 Å². The van der Waals surface area contributed by atoms with Gasteiger partial charge in [-0.2, -0.15) is 0 Å². The smallest absolute Gasteiger partial charge is 0.258 e. The second kappa shape index (κ2) is 5.16. The lowest BCUT2D eigenvalue weighted by atomic mass is 9.89. The Morgan fingerprint density at radius 1 is 1.50 bits per heavy atom. The maximum Gasteiger partial charge on any atom is 0.258 e. The SMILES string of the molecule is CC1(CNCc2nc3cc(Cl)ccc3c(=O)[nH]2)COC1. The Morgan fingerprint density at radius 3 is 3.00 bits per heavy atom. The zero-order chi connectivity index (χ0) is 14.2. The molecule has 0 spiro atoms. The Labute approximate surface area is 121 Å². The highest BCUT2D eigenvalue weighted by Crippen LogP contribution is 2.25. The summed E-state index contributed by atoms with van der Waals surface area (Å²) in [6.45, 7) is 5.08. The van der Waals surface area contributed by atoms with E-state index < -0.39 is 0 Å². The summed E-state index contributed by atoms with van der Waals surface area (Å²) in [6, 6.07) is 5.08. The molecule has 0 unspecified atom stereocenters. The summed E-state index contributed by atoms with van der Waals surface area (Å²) in [5, 5.41) is 4.44. The molecule has 2 N–H and O–H groups in total. The maximum absolute atomic E-state index is 12.0. The first-order valence-corrected chi connectivity index (χ1v) is 6.90. The lowest BCUT2D eigenvalue weighted by Gasteiger charge is -2.38. The number of benzene rings is 1. The highest BCUT2D eigenvalue weighted by Gasteiger charge is 2.32. The van der Waals surface area contributed by atoms with Crippen molar-refractivity contribution in [2.45, 2.75) is 13.5 Å². The van der Waals surface area contributed by atoms with Gasteiger partial charge >= 0.3 is 0 Å². The number of nitrogens with one attached hydrogen (secondary N) is 2. The van der Waals surface area contributed by atoms with Crippen molar-refractivity contribution in [2.75, 3.05) is 19.8 Å². The van der Waals surface area contributed by atoms with Crippen LogP contribution in [-0.2, 0) is 11.3 Å². The van der Waals surface area contributed by atoms with E-state index in [2.05, 4.69) is 22.2 Å². The van der Waals surface area contributed by atoms with Gasteiger partial charge in [-0.25, -0.2) is 4.98 Å². The van der Waals surface area contributed by atoms with Crippen LogP contribution in [0.15, 0.2) is 23.0 Å². The van der Waals surface area contributed by atoms with Crippen molar-refractivity contribution in [3.8, 4) is 0 Å². The molecule has 1 saturated heterocycles. The minimum absolute atomic E-state index is 0.137. The summed E-state index contributed by atoms with van der Waals surface area (Å²) in [5.74, 6) is 0.619. The first kappa shape index (κ1) is 13.5. The van der Waals surface area contributed by atoms with Crippen LogP contribution in [0.25, 0.3) is 10.9 Å². The van der Waals surface area contributed by atoms with Crippen molar-refractivity contribution >= 4 is 22.5 Å². The molecule has 0 amide bonds. The van der Waals surface area contributed by atoms with Crippen LogP contribution in [0.4, 0.5) is 0 Å². The quantitative estimate of drug-likeness (QED) is 0.900. The monoisotopic (exact) mass is 293 g/mol. The number of nitrogens with zero attached hydrogens (tertiary/aromatic N) is 1. The van der Waals surface area contributed by atoms with Crippen LogP contribution in [0.5, 0.6) is 0 Å². The molecule has 2 heterocycles. The van der Waals surface area contributed by atoms with Gasteiger partial charge in [0.1, 0.15) is 5.82 Å². The third kappa shape index (κ3) is 2.70. The van der Waals surface area contributed by atoms with Crippen LogP contribution >= 0.6 is 11.6 Å². The highest BCUT2D eigenvalue weighted by atomic mass is 35.5. The molecule has 106 valence electrons. The number of ether oxygens (including phenoxy) is 1. The van der Waals surface area contributed by atoms with Crippen LogP contribution < -0.4 is 10.9 Å². The van der Waals surface area contributed by atoms with Crippen molar-refractivity contribution in [1.82, 2.24) is 15.3 Å². The Balaban J connectivity index is 1.76. The summed E-state index contributed by atoms with van der Waals surface area (Å²) in [5.41, 5.74) is 0.679. The highest BCUT2D eigenvalue weighted by molar-refractivity contribution is 6.31. The van der Waals surface area contributed by atoms with E-state index in [-0.39, 0.29) is 11.0 Å². The number of fused-ring (bicyclic) bond motifs is 1. The van der Waals surface area contributed by atoms with Gasteiger partial charge in [-0.1, -0.05) is 18.5 Å². The van der Waals surface area contributed by atoms with Crippen LogP contribution in [0.3, 0.4) is 0 Å². The van der Waals surface area contributed by atoms with Gasteiger partial charge in [0.15, 0.2) is 0 Å². The standard InChI is InChI=1S/C14H16ClN3O2/c1-14(7-20-8-14)6-16-5-12-17-11-4-9(15)2-3-10(11)13(19)18-12/h2-4,16H,5-8H2,1H3,(H,17,18,19). The topological polar surface area (TPSA) is 67.0 Å². The summed E-state index contributed by atoms with van der Waals surface area (Å²) in [7, 11) is 0. The summed E-state index contributed by atoms with van der Waals surface area (Å²) in [4.78, 5) is 19.2. The van der Waals surface area contributed by atoms with Crippen molar-refractivity contribution in [3.63, 3.8) is 0 Å². The number of rotatable bonds is 4. The van der Waals surface area contributed by atoms with Crippen LogP contribution in [0.1, 0.15) is 12.7 Å². The predicted octanol–water partition coefficient (Wildman–Crippen LogP) is 1.70. The van der Waals surface area contributed by atoms with Crippen molar-refractivity contribution < 1.29 is 4.74 Å². The Kier molecular flexibility index (Phi) is 3.50. The Bertz CT molecular complexity index is 694. The zero-order valence-corrected chi connectivity index (χ0v) is 12.0. The molecule has 0 bridgehead atoms. The van der Waals surface area contributed by atoms with Crippen LogP contribution in [-0.4, -0.2) is 29.7 Å². The Hall–Kier alpha value is -1.43. The van der Waals surface area contributed by atoms with E-state index in [1.54, 1.807) is 18.2 Å². The van der Waals surface area contributed by atoms with E-state index in [9.17, 15) is 4.79 Å². The molecule has 3 rings (SSSR count). The molecule has 0 radical (unpaired) electrons. The third-order valence-electron chi connectivity index (χ3n) is 3.46. The first-order valence-electron chi connectivity index (χ1n) is 6.53. The summed E-state index contributed by atoms with van der Waals surface area (Å²) >= 11 is 5.93. The average molecular weight is 294 g/mol. The molecular weight excluding hydrogens is 278 g/mol. The molecule has 6 heteroatoms. The van der Waals surface area contributed by atoms with Gasteiger partial charge in [-0.05, 0) is 18.2 Å². The van der Waals surface area contributed by atoms with Gasteiger partial charge in [0.25, 0.3) is 5.56 Å². The van der Waals surface area contributed by atoms with Crippen molar-refractivity contribution in [3.05, 3.63) is 39.4 Å². The van der Waals surface area contributed by atoms with Gasteiger partial charge in [0.05, 0.1) is 30.7 Å². The van der Waals surface area contributed by atoms with E-state index in [0.29, 0.717) is 28.3 Å². The van der Waals surface area contributed by atoms with Crippen molar-refractivity contribution in [1.29, 1.82) is 0 Å². The normalized spacial score (nSPS) is 17.1. The fraction of sp³-hybridized carbons (Fsp3) is 0.429. The molecule has 1 aliphatic heterocycles. The lowest BCUT2D eigenvalue weighted by Crippen LogP contribution is -2.47. The zero-order valence-electron chi connectivity index (χ0n) is 11.2. The number of hydrogen-bond acceptors (Lipinski definition) is 4. The fourth-order valence-corrected chi connectivity index (χ4v) is 2.45. The third-order valence-corrected chi connectivity index (χ3v) is 3.70. The largest absolute Gasteiger partial charge is 0.380 e. The second-order valence-corrected chi connectivity index (χ2v) is 6.02. The minimum Gasteiger partial charge on any atom is -0.380 e. The van der Waals surface area contributed by atoms with Crippen molar-refractivity contribution in [2.24, 2.45) is 5.41 Å². The minimum atomic E-state index is -0.137. The van der Waals surface area contributed by atoms with E-state index in [1.807, 2.05) is 0 Å². The second-order valence-electron chi connectivity index (χ2n) is 5.58. The number of halogens is 1. The molecule has 1 aromatic carbocycles. The molecule has 5 nitrogen and oxygen atoms in total. The molecule has 1 fully saturated rings. The number of aromatic nitrogens is 2. The van der Waals surface area contributed by atoms with Crippen LogP contribution in [0, 0.1) is 5.41 Å². The number of H-pyrrole nitrogens is 1. The van der Waals surface area contributed by atoms with Gasteiger partial charge in [-0.3, -0.25) is 4.79 Å². The predicted molar refractivity (Wildman–Crippen MR) is 78.0 cm³/mol. The van der Waals surface area contributed by atoms with E-state index >= 15 is 0 Å². The van der Waals surface area contributed by atoms with Crippen LogP contribution in [0.2, 0.25) is 5.02 Å². The number of aromatic amines is 1. The van der Waals surface area contributed by atoms with E-state index in [1.165, 1.54) is 0 Å². The molecular formula is C14H16ClN3O2. The number of hydrogen-bond donors (Lipinski definition) is 2. The van der Waals surface area contributed by atoms with Gasteiger partial charge in [0.2, 0.25) is 0 Å². The summed E-state index contributed by atoms with van der Waals surface area (Å²) < 4.78 is 5.20. The Morgan fingerprint density at radius 2 is 2.30 bits per heavy atom. The van der Waals surface area contributed by atoms with Gasteiger partial charge < -0.3 is 15.0 Å². The van der Waals surface area contributed by atoms with E-state index in [0.717, 1.165) is 19.8 Å². The molecule has 0 aliphatic carbocycles.